The monoisotopic (exact) mass is 189 g/mol. The Morgan fingerprint density at radius 2 is 2.00 bits per heavy atom. The van der Waals surface area contributed by atoms with E-state index in [2.05, 4.69) is 44.2 Å². The highest BCUT2D eigenvalue weighted by Crippen LogP contribution is 2.27. The third-order valence-corrected chi connectivity index (χ3v) is 3.12. The van der Waals surface area contributed by atoms with Crippen molar-refractivity contribution in [1.29, 1.82) is 0 Å². The lowest BCUT2D eigenvalue weighted by molar-refractivity contribution is 0.975. The highest BCUT2D eigenvalue weighted by atomic mass is 32.1. The van der Waals surface area contributed by atoms with Crippen molar-refractivity contribution in [3.05, 3.63) is 41.1 Å². The number of thiophene rings is 1. The van der Waals surface area contributed by atoms with E-state index >= 15 is 0 Å². The van der Waals surface area contributed by atoms with Crippen LogP contribution in [0.3, 0.4) is 0 Å². The molecule has 0 saturated heterocycles. The van der Waals surface area contributed by atoms with Crippen LogP contribution in [0.25, 0.3) is 10.1 Å². The second-order valence-electron chi connectivity index (χ2n) is 3.63. The van der Waals surface area contributed by atoms with Gasteiger partial charge in [-0.1, -0.05) is 32.0 Å². The van der Waals surface area contributed by atoms with E-state index in [-0.39, 0.29) is 0 Å². The maximum absolute atomic E-state index is 2.30. The molecule has 1 radical (unpaired) electrons. The van der Waals surface area contributed by atoms with Gasteiger partial charge in [0.2, 0.25) is 0 Å². The first-order chi connectivity index (χ1) is 6.25. The molecule has 1 aromatic heterocycles. The van der Waals surface area contributed by atoms with Gasteiger partial charge in [0.15, 0.2) is 0 Å². The van der Waals surface area contributed by atoms with Crippen molar-refractivity contribution < 1.29 is 0 Å². The van der Waals surface area contributed by atoms with Gasteiger partial charge in [-0.25, -0.2) is 0 Å². The summed E-state index contributed by atoms with van der Waals surface area (Å²) in [6, 6.07) is 10.9. The normalized spacial score (nSPS) is 11.3. The van der Waals surface area contributed by atoms with E-state index in [9.17, 15) is 0 Å². The Balaban J connectivity index is 2.38. The van der Waals surface area contributed by atoms with E-state index in [0.29, 0.717) is 0 Å². The standard InChI is InChI=1S/C12H13S/c1-9(2)7-11-8-10-5-3-4-6-12(10)13-11/h3-6,8H,7H2,1-2H3. The molecule has 1 heteroatoms. The SMILES string of the molecule is C[C](C)Cc1cc2ccccc2s1. The summed E-state index contributed by atoms with van der Waals surface area (Å²) in [5.41, 5.74) is 0. The molecule has 1 heterocycles. The zero-order valence-corrected chi connectivity index (χ0v) is 8.82. The fraction of sp³-hybridized carbons (Fsp3) is 0.250. The van der Waals surface area contributed by atoms with Gasteiger partial charge in [0.25, 0.3) is 0 Å². The summed E-state index contributed by atoms with van der Waals surface area (Å²) in [5.74, 6) is 1.48. The molecule has 0 N–H and O–H groups in total. The summed E-state index contributed by atoms with van der Waals surface area (Å²) in [4.78, 5) is 1.47. The Morgan fingerprint density at radius 1 is 1.23 bits per heavy atom. The second kappa shape index (κ2) is 3.51. The molecule has 0 unspecified atom stereocenters. The highest BCUT2D eigenvalue weighted by Gasteiger charge is 2.02. The summed E-state index contributed by atoms with van der Waals surface area (Å²) < 4.78 is 1.40. The van der Waals surface area contributed by atoms with Crippen LogP contribution in [0, 0.1) is 5.92 Å². The number of rotatable bonds is 2. The molecule has 67 valence electrons. The molecule has 0 atom stereocenters. The van der Waals surface area contributed by atoms with Crippen LogP contribution in [0.5, 0.6) is 0 Å². The van der Waals surface area contributed by atoms with Crippen LogP contribution in [0.2, 0.25) is 0 Å². The molecule has 0 saturated carbocycles. The maximum atomic E-state index is 2.30. The van der Waals surface area contributed by atoms with Crippen molar-refractivity contribution in [2.24, 2.45) is 0 Å². The van der Waals surface area contributed by atoms with Crippen LogP contribution in [-0.2, 0) is 6.42 Å². The molecule has 2 rings (SSSR count). The number of hydrogen-bond donors (Lipinski definition) is 0. The Bertz CT molecular complexity index is 365. The van der Waals surface area contributed by atoms with Gasteiger partial charge in [0.05, 0.1) is 0 Å². The van der Waals surface area contributed by atoms with Crippen LogP contribution in [0.4, 0.5) is 0 Å². The Hall–Kier alpha value is -0.820. The van der Waals surface area contributed by atoms with Gasteiger partial charge in [-0.2, -0.15) is 0 Å². The Labute approximate surface area is 83.2 Å². The molecule has 0 spiro atoms. The minimum absolute atomic E-state index is 1.12. The molecular formula is C12H13S. The molecule has 0 bridgehead atoms. The number of hydrogen-bond acceptors (Lipinski definition) is 1. The lowest BCUT2D eigenvalue weighted by Gasteiger charge is -1.98. The zero-order valence-electron chi connectivity index (χ0n) is 8.00. The van der Waals surface area contributed by atoms with Crippen LogP contribution in [-0.4, -0.2) is 0 Å². The predicted octanol–water partition coefficient (Wildman–Crippen LogP) is 4.06. The van der Waals surface area contributed by atoms with Crippen LogP contribution in [0.1, 0.15) is 18.7 Å². The van der Waals surface area contributed by atoms with Crippen molar-refractivity contribution in [2.45, 2.75) is 20.3 Å². The van der Waals surface area contributed by atoms with Crippen LogP contribution in [0.15, 0.2) is 30.3 Å². The first-order valence-electron chi connectivity index (χ1n) is 4.52. The van der Waals surface area contributed by atoms with Gasteiger partial charge in [-0.15, -0.1) is 11.3 Å². The second-order valence-corrected chi connectivity index (χ2v) is 4.80. The highest BCUT2D eigenvalue weighted by molar-refractivity contribution is 7.19. The average molecular weight is 189 g/mol. The Kier molecular flexibility index (Phi) is 2.36. The fourth-order valence-corrected chi connectivity index (χ4v) is 2.69. The van der Waals surface area contributed by atoms with E-state index in [1.165, 1.54) is 20.9 Å². The van der Waals surface area contributed by atoms with Crippen LogP contribution >= 0.6 is 11.3 Å². The molecule has 0 nitrogen and oxygen atoms in total. The zero-order chi connectivity index (χ0) is 9.26. The van der Waals surface area contributed by atoms with Gasteiger partial charge in [-0.3, -0.25) is 0 Å². The molecule has 0 aliphatic carbocycles. The van der Waals surface area contributed by atoms with Crippen molar-refractivity contribution in [2.75, 3.05) is 0 Å². The average Bonchev–Trinajstić information content (AvgIpc) is 2.44. The predicted molar refractivity (Wildman–Crippen MR) is 60.1 cm³/mol. The summed E-state index contributed by atoms with van der Waals surface area (Å²) in [6.07, 6.45) is 1.12. The largest absolute Gasteiger partial charge is 0.140 e. The molecule has 13 heavy (non-hydrogen) atoms. The molecule has 0 fully saturated rings. The smallest absolute Gasteiger partial charge is 0.0345 e. The van der Waals surface area contributed by atoms with E-state index in [4.69, 9.17) is 0 Å². The minimum Gasteiger partial charge on any atom is -0.140 e. The maximum Gasteiger partial charge on any atom is 0.0345 e. The summed E-state index contributed by atoms with van der Waals surface area (Å²) >= 11 is 1.90. The van der Waals surface area contributed by atoms with E-state index < -0.39 is 0 Å². The van der Waals surface area contributed by atoms with Crippen LogP contribution < -0.4 is 0 Å². The minimum atomic E-state index is 1.12. The first-order valence-corrected chi connectivity index (χ1v) is 5.34. The van der Waals surface area contributed by atoms with Crippen molar-refractivity contribution in [1.82, 2.24) is 0 Å². The lowest BCUT2D eigenvalue weighted by Crippen LogP contribution is -1.86. The van der Waals surface area contributed by atoms with Gasteiger partial charge >= 0.3 is 0 Å². The summed E-state index contributed by atoms with van der Waals surface area (Å²) in [5, 5.41) is 1.38. The molecule has 1 aromatic carbocycles. The molecule has 2 aromatic rings. The molecular weight excluding hydrogens is 176 g/mol. The van der Waals surface area contributed by atoms with Crippen molar-refractivity contribution in [3.63, 3.8) is 0 Å². The van der Waals surface area contributed by atoms with Gasteiger partial charge < -0.3 is 0 Å². The topological polar surface area (TPSA) is 0 Å². The fourth-order valence-electron chi connectivity index (χ4n) is 1.47. The quantitative estimate of drug-likeness (QED) is 0.668. The van der Waals surface area contributed by atoms with Crippen molar-refractivity contribution >= 4 is 21.4 Å². The summed E-state index contributed by atoms with van der Waals surface area (Å²) in [6.45, 7) is 4.37. The molecule has 0 aliphatic heterocycles. The van der Waals surface area contributed by atoms with Crippen molar-refractivity contribution in [3.8, 4) is 0 Å². The van der Waals surface area contributed by atoms with E-state index in [1.54, 1.807) is 0 Å². The van der Waals surface area contributed by atoms with Gasteiger partial charge in [0.1, 0.15) is 0 Å². The first kappa shape index (κ1) is 8.76. The van der Waals surface area contributed by atoms with E-state index in [1.807, 2.05) is 11.3 Å². The third-order valence-electron chi connectivity index (χ3n) is 2.00. The third kappa shape index (κ3) is 1.92. The molecule has 0 aliphatic rings. The van der Waals surface area contributed by atoms with Gasteiger partial charge in [0, 0.05) is 9.58 Å². The number of fused-ring (bicyclic) bond motifs is 1. The van der Waals surface area contributed by atoms with E-state index in [0.717, 1.165) is 6.42 Å². The summed E-state index contributed by atoms with van der Waals surface area (Å²) in [7, 11) is 0. The van der Waals surface area contributed by atoms with Gasteiger partial charge in [-0.05, 0) is 29.9 Å². The molecule has 0 amide bonds. The lowest BCUT2D eigenvalue weighted by atomic mass is 10.1. The Morgan fingerprint density at radius 3 is 2.69 bits per heavy atom. The number of benzene rings is 1.